The second kappa shape index (κ2) is 4.64. The molecular weight excluding hydrogens is 260 g/mol. The van der Waals surface area contributed by atoms with Crippen LogP contribution in [0.3, 0.4) is 0 Å². The normalized spacial score (nSPS) is 22.4. The highest BCUT2D eigenvalue weighted by molar-refractivity contribution is 6.00. The lowest BCUT2D eigenvalue weighted by Gasteiger charge is -2.21. The Bertz CT molecular complexity index is 679. The van der Waals surface area contributed by atoms with Gasteiger partial charge < -0.3 is 20.1 Å². The number of carbonyl (C=O) groups is 2. The van der Waals surface area contributed by atoms with Gasteiger partial charge in [0.25, 0.3) is 5.91 Å². The van der Waals surface area contributed by atoms with Gasteiger partial charge in [0, 0.05) is 35.6 Å². The van der Waals surface area contributed by atoms with Crippen LogP contribution in [0.5, 0.6) is 0 Å². The summed E-state index contributed by atoms with van der Waals surface area (Å²) in [7, 11) is 0. The third-order valence-corrected chi connectivity index (χ3v) is 3.63. The van der Waals surface area contributed by atoms with Crippen molar-refractivity contribution in [2.75, 3.05) is 6.54 Å². The summed E-state index contributed by atoms with van der Waals surface area (Å²) in [6, 6.07) is 6.05. The fourth-order valence-electron chi connectivity index (χ4n) is 2.62. The van der Waals surface area contributed by atoms with Crippen molar-refractivity contribution < 1.29 is 19.8 Å². The Labute approximate surface area is 114 Å². The first-order valence-corrected chi connectivity index (χ1v) is 6.35. The summed E-state index contributed by atoms with van der Waals surface area (Å²) < 4.78 is 0. The van der Waals surface area contributed by atoms with E-state index in [1.165, 1.54) is 4.90 Å². The van der Waals surface area contributed by atoms with E-state index in [9.17, 15) is 14.7 Å². The minimum Gasteiger partial charge on any atom is -0.480 e. The number of aliphatic hydroxyl groups is 1. The number of H-pyrrole nitrogens is 1. The second-order valence-electron chi connectivity index (χ2n) is 4.98. The maximum atomic E-state index is 12.4. The van der Waals surface area contributed by atoms with Gasteiger partial charge in [-0.25, -0.2) is 4.79 Å². The highest BCUT2D eigenvalue weighted by atomic mass is 16.4. The van der Waals surface area contributed by atoms with Gasteiger partial charge in [0.15, 0.2) is 0 Å². The highest BCUT2D eigenvalue weighted by Gasteiger charge is 2.39. The van der Waals surface area contributed by atoms with Crippen LogP contribution in [0, 0.1) is 0 Å². The van der Waals surface area contributed by atoms with Gasteiger partial charge in [-0.05, 0) is 24.3 Å². The number of carbonyl (C=O) groups excluding carboxylic acids is 1. The van der Waals surface area contributed by atoms with E-state index >= 15 is 0 Å². The number of aliphatic hydroxyl groups excluding tert-OH is 1. The zero-order valence-corrected chi connectivity index (χ0v) is 10.6. The Hall–Kier alpha value is -2.34. The van der Waals surface area contributed by atoms with Crippen LogP contribution >= 0.6 is 0 Å². The molecular formula is C14H14N2O4. The summed E-state index contributed by atoms with van der Waals surface area (Å²) in [5, 5.41) is 19.6. The fraction of sp³-hybridized carbons (Fsp3) is 0.286. The van der Waals surface area contributed by atoms with Crippen molar-refractivity contribution in [3.63, 3.8) is 0 Å². The molecule has 3 rings (SSSR count). The van der Waals surface area contributed by atoms with Crippen LogP contribution in [0.15, 0.2) is 30.5 Å². The molecule has 2 heterocycles. The first kappa shape index (κ1) is 12.7. The van der Waals surface area contributed by atoms with E-state index in [1.54, 1.807) is 24.4 Å². The van der Waals surface area contributed by atoms with Crippen molar-refractivity contribution in [3.05, 3.63) is 36.0 Å². The first-order chi connectivity index (χ1) is 9.56. The van der Waals surface area contributed by atoms with Crippen LogP contribution in [0.1, 0.15) is 16.8 Å². The topological polar surface area (TPSA) is 93.6 Å². The van der Waals surface area contributed by atoms with Crippen LogP contribution in [0.25, 0.3) is 10.9 Å². The van der Waals surface area contributed by atoms with Gasteiger partial charge in [0.2, 0.25) is 0 Å². The quantitative estimate of drug-likeness (QED) is 0.756. The number of benzene rings is 1. The van der Waals surface area contributed by atoms with E-state index in [4.69, 9.17) is 5.11 Å². The number of carboxylic acid groups (broad SMARTS) is 1. The SMILES string of the molecule is O=C(O)C1CC(O)CN1C(=O)c1ccc2[nH]ccc2c1. The largest absolute Gasteiger partial charge is 0.480 e. The Morgan fingerprint density at radius 1 is 1.30 bits per heavy atom. The van der Waals surface area contributed by atoms with Crippen molar-refractivity contribution in [3.8, 4) is 0 Å². The lowest BCUT2D eigenvalue weighted by Crippen LogP contribution is -2.40. The van der Waals surface area contributed by atoms with Crippen LogP contribution in [-0.4, -0.2) is 50.7 Å². The summed E-state index contributed by atoms with van der Waals surface area (Å²) in [5.41, 5.74) is 1.34. The molecule has 1 amide bonds. The maximum Gasteiger partial charge on any atom is 0.326 e. The summed E-state index contributed by atoms with van der Waals surface area (Å²) >= 11 is 0. The standard InChI is InChI=1S/C14H14N2O4/c17-10-6-12(14(19)20)16(7-10)13(18)9-1-2-11-8(5-9)3-4-15-11/h1-5,10,12,15,17H,6-7H2,(H,19,20). The molecule has 0 aliphatic carbocycles. The van der Waals surface area contributed by atoms with Crippen molar-refractivity contribution in [1.82, 2.24) is 9.88 Å². The number of aromatic nitrogens is 1. The second-order valence-corrected chi connectivity index (χ2v) is 4.98. The Morgan fingerprint density at radius 2 is 2.10 bits per heavy atom. The molecule has 6 heteroatoms. The molecule has 1 aromatic carbocycles. The zero-order chi connectivity index (χ0) is 14.3. The van der Waals surface area contributed by atoms with Crippen molar-refractivity contribution >= 4 is 22.8 Å². The molecule has 2 atom stereocenters. The summed E-state index contributed by atoms with van der Waals surface area (Å²) in [4.78, 5) is 27.8. The number of amides is 1. The molecule has 0 bridgehead atoms. The molecule has 1 aromatic heterocycles. The third-order valence-electron chi connectivity index (χ3n) is 3.63. The summed E-state index contributed by atoms with van der Waals surface area (Å²) in [6.45, 7) is 0.0565. The molecule has 2 aromatic rings. The van der Waals surface area contributed by atoms with E-state index < -0.39 is 18.1 Å². The lowest BCUT2D eigenvalue weighted by molar-refractivity contribution is -0.141. The number of β-amino-alcohol motifs (C(OH)–C–C–N with tert-alkyl or cyclic N) is 1. The molecule has 1 fully saturated rings. The van der Waals surface area contributed by atoms with Gasteiger partial charge in [0.05, 0.1) is 6.10 Å². The van der Waals surface area contributed by atoms with E-state index in [1.807, 2.05) is 6.07 Å². The van der Waals surface area contributed by atoms with Gasteiger partial charge in [-0.15, -0.1) is 0 Å². The molecule has 1 saturated heterocycles. The highest BCUT2D eigenvalue weighted by Crippen LogP contribution is 2.22. The predicted molar refractivity (Wildman–Crippen MR) is 71.4 cm³/mol. The van der Waals surface area contributed by atoms with Crippen LogP contribution < -0.4 is 0 Å². The molecule has 1 aliphatic heterocycles. The average molecular weight is 274 g/mol. The molecule has 3 N–H and O–H groups in total. The Balaban J connectivity index is 1.92. The fourth-order valence-corrected chi connectivity index (χ4v) is 2.62. The molecule has 20 heavy (non-hydrogen) atoms. The number of nitrogens with zero attached hydrogens (tertiary/aromatic N) is 1. The molecule has 0 spiro atoms. The van der Waals surface area contributed by atoms with E-state index in [0.29, 0.717) is 5.56 Å². The Morgan fingerprint density at radius 3 is 2.85 bits per heavy atom. The zero-order valence-electron chi connectivity index (χ0n) is 10.6. The molecule has 104 valence electrons. The van der Waals surface area contributed by atoms with E-state index in [-0.39, 0.29) is 18.9 Å². The van der Waals surface area contributed by atoms with Crippen LogP contribution in [0.2, 0.25) is 0 Å². The van der Waals surface area contributed by atoms with Gasteiger partial charge in [-0.2, -0.15) is 0 Å². The van der Waals surface area contributed by atoms with Gasteiger partial charge >= 0.3 is 5.97 Å². The molecule has 1 aliphatic rings. The molecule has 0 radical (unpaired) electrons. The molecule has 6 nitrogen and oxygen atoms in total. The summed E-state index contributed by atoms with van der Waals surface area (Å²) in [5.74, 6) is -1.45. The number of aromatic amines is 1. The average Bonchev–Trinajstić information content (AvgIpc) is 3.02. The van der Waals surface area contributed by atoms with Crippen LogP contribution in [0.4, 0.5) is 0 Å². The number of likely N-dealkylation sites (tertiary alicyclic amines) is 1. The Kier molecular flexibility index (Phi) is 2.94. The number of hydrogen-bond acceptors (Lipinski definition) is 3. The number of carboxylic acids is 1. The first-order valence-electron chi connectivity index (χ1n) is 6.35. The minimum atomic E-state index is -1.09. The van der Waals surface area contributed by atoms with E-state index in [0.717, 1.165) is 10.9 Å². The number of rotatable bonds is 2. The number of fused-ring (bicyclic) bond motifs is 1. The van der Waals surface area contributed by atoms with E-state index in [2.05, 4.69) is 4.98 Å². The van der Waals surface area contributed by atoms with Crippen molar-refractivity contribution in [2.45, 2.75) is 18.6 Å². The lowest BCUT2D eigenvalue weighted by atomic mass is 10.1. The van der Waals surface area contributed by atoms with Crippen molar-refractivity contribution in [2.24, 2.45) is 0 Å². The van der Waals surface area contributed by atoms with Crippen molar-refractivity contribution in [1.29, 1.82) is 0 Å². The number of hydrogen-bond donors (Lipinski definition) is 3. The summed E-state index contributed by atoms with van der Waals surface area (Å²) in [6.07, 6.45) is 1.07. The predicted octanol–water partition coefficient (Wildman–Crippen LogP) is 0.828. The monoisotopic (exact) mass is 274 g/mol. The van der Waals surface area contributed by atoms with Crippen LogP contribution in [-0.2, 0) is 4.79 Å². The van der Waals surface area contributed by atoms with Gasteiger partial charge in [-0.1, -0.05) is 0 Å². The van der Waals surface area contributed by atoms with Gasteiger partial charge in [-0.3, -0.25) is 4.79 Å². The number of nitrogens with one attached hydrogen (secondary N) is 1. The molecule has 2 unspecified atom stereocenters. The smallest absolute Gasteiger partial charge is 0.326 e. The number of aliphatic carboxylic acids is 1. The third kappa shape index (κ3) is 2.04. The maximum absolute atomic E-state index is 12.4. The van der Waals surface area contributed by atoms with Gasteiger partial charge in [0.1, 0.15) is 6.04 Å². The molecule has 0 saturated carbocycles. The minimum absolute atomic E-state index is 0.0565.